The van der Waals surface area contributed by atoms with Crippen LogP contribution < -0.4 is 10.6 Å². The van der Waals surface area contributed by atoms with Crippen molar-refractivity contribution in [3.8, 4) is 0 Å². The van der Waals surface area contributed by atoms with Gasteiger partial charge in [-0.15, -0.1) is 11.3 Å². The zero-order valence-electron chi connectivity index (χ0n) is 17.6. The lowest BCUT2D eigenvalue weighted by molar-refractivity contribution is -0.119. The van der Waals surface area contributed by atoms with Crippen molar-refractivity contribution in [2.75, 3.05) is 30.3 Å². The number of carbonyl (C=O) groups excluding carboxylic acids is 2. The highest BCUT2D eigenvalue weighted by atomic mass is 32.1. The highest BCUT2D eigenvalue weighted by Gasteiger charge is 2.18. The number of benzene rings is 1. The van der Waals surface area contributed by atoms with E-state index in [1.165, 1.54) is 11.3 Å². The minimum Gasteiger partial charge on any atom is -0.396 e. The van der Waals surface area contributed by atoms with Crippen molar-refractivity contribution in [3.05, 3.63) is 40.9 Å². The Labute approximate surface area is 181 Å². The van der Waals surface area contributed by atoms with Crippen molar-refractivity contribution < 1.29 is 14.7 Å². The molecular weight excluding hydrogens is 400 g/mol. The second-order valence-corrected chi connectivity index (χ2v) is 8.97. The fourth-order valence-corrected chi connectivity index (χ4v) is 4.11. The van der Waals surface area contributed by atoms with Gasteiger partial charge in [-0.1, -0.05) is 26.0 Å². The summed E-state index contributed by atoms with van der Waals surface area (Å²) in [4.78, 5) is 30.9. The van der Waals surface area contributed by atoms with E-state index in [1.54, 1.807) is 5.38 Å². The molecule has 7 nitrogen and oxygen atoms in total. The third-order valence-electron chi connectivity index (χ3n) is 5.23. The molecule has 3 N–H and O–H groups in total. The summed E-state index contributed by atoms with van der Waals surface area (Å²) in [6, 6.07) is 7.91. The lowest BCUT2D eigenvalue weighted by Gasteiger charge is -2.31. The van der Waals surface area contributed by atoms with Crippen LogP contribution in [0.5, 0.6) is 0 Å². The first kappa shape index (κ1) is 22.4. The second kappa shape index (κ2) is 10.7. The Kier molecular flexibility index (Phi) is 7.95. The van der Waals surface area contributed by atoms with Crippen LogP contribution in [-0.2, 0) is 22.6 Å². The van der Waals surface area contributed by atoms with Gasteiger partial charge in [0.25, 0.3) is 0 Å². The van der Waals surface area contributed by atoms with E-state index in [9.17, 15) is 14.7 Å². The van der Waals surface area contributed by atoms with Crippen molar-refractivity contribution in [2.24, 2.45) is 11.8 Å². The van der Waals surface area contributed by atoms with Gasteiger partial charge in [0.15, 0.2) is 5.13 Å². The van der Waals surface area contributed by atoms with Crippen molar-refractivity contribution in [1.82, 2.24) is 9.88 Å². The average molecular weight is 431 g/mol. The van der Waals surface area contributed by atoms with Gasteiger partial charge in [-0.3, -0.25) is 14.5 Å². The molecule has 0 radical (unpaired) electrons. The Balaban J connectivity index is 1.50. The molecule has 3 rings (SSSR count). The van der Waals surface area contributed by atoms with Gasteiger partial charge in [-0.25, -0.2) is 4.98 Å². The van der Waals surface area contributed by atoms with Crippen LogP contribution in [0.1, 0.15) is 37.9 Å². The second-order valence-electron chi connectivity index (χ2n) is 8.12. The van der Waals surface area contributed by atoms with Gasteiger partial charge in [0.05, 0.1) is 12.1 Å². The first-order chi connectivity index (χ1) is 14.4. The number of hydrogen-bond acceptors (Lipinski definition) is 6. The largest absolute Gasteiger partial charge is 0.396 e. The summed E-state index contributed by atoms with van der Waals surface area (Å²) in [5.74, 6) is 0.0893. The third kappa shape index (κ3) is 6.62. The van der Waals surface area contributed by atoms with Crippen LogP contribution in [0.25, 0.3) is 0 Å². The van der Waals surface area contributed by atoms with Crippen LogP contribution in [0.15, 0.2) is 29.6 Å². The quantitative estimate of drug-likeness (QED) is 0.598. The summed E-state index contributed by atoms with van der Waals surface area (Å²) in [5.41, 5.74) is 2.56. The van der Waals surface area contributed by atoms with Crippen molar-refractivity contribution in [1.29, 1.82) is 0 Å². The Morgan fingerprint density at radius 3 is 2.73 bits per heavy atom. The zero-order valence-corrected chi connectivity index (χ0v) is 18.4. The molecule has 1 fully saturated rings. The summed E-state index contributed by atoms with van der Waals surface area (Å²) >= 11 is 1.32. The van der Waals surface area contributed by atoms with Crippen LogP contribution >= 0.6 is 11.3 Å². The van der Waals surface area contributed by atoms with Crippen molar-refractivity contribution >= 4 is 34.0 Å². The van der Waals surface area contributed by atoms with Gasteiger partial charge in [-0.05, 0) is 49.5 Å². The molecule has 2 heterocycles. The number of carbonyl (C=O) groups is 2. The molecule has 0 unspecified atom stereocenters. The lowest BCUT2D eigenvalue weighted by atomic mass is 9.97. The molecule has 0 bridgehead atoms. The number of hydrogen-bond donors (Lipinski definition) is 3. The maximum atomic E-state index is 12.4. The van der Waals surface area contributed by atoms with Crippen LogP contribution in [0.3, 0.4) is 0 Å². The Bertz CT molecular complexity index is 860. The number of amides is 2. The van der Waals surface area contributed by atoms with Gasteiger partial charge in [-0.2, -0.15) is 0 Å². The fraction of sp³-hybridized carbons (Fsp3) is 0.500. The van der Waals surface area contributed by atoms with E-state index in [1.807, 2.05) is 32.0 Å². The predicted octanol–water partition coefficient (Wildman–Crippen LogP) is 3.12. The molecule has 1 aromatic carbocycles. The molecule has 1 saturated heterocycles. The molecule has 0 atom stereocenters. The molecule has 2 aromatic rings. The van der Waals surface area contributed by atoms with E-state index in [2.05, 4.69) is 26.6 Å². The average Bonchev–Trinajstić information content (AvgIpc) is 3.15. The number of aromatic nitrogens is 1. The van der Waals surface area contributed by atoms with Crippen LogP contribution in [0.2, 0.25) is 0 Å². The first-order valence-corrected chi connectivity index (χ1v) is 11.3. The number of aliphatic hydroxyl groups excluding tert-OH is 1. The molecule has 0 spiro atoms. The summed E-state index contributed by atoms with van der Waals surface area (Å²) < 4.78 is 0. The standard InChI is InChI=1S/C22H30N4O3S/c1-15(2)21(29)25-22-24-19(14-30-22)11-20(28)23-18-5-3-4-17(10-18)12-26-8-6-16(13-27)7-9-26/h3-5,10,14-16,27H,6-9,11-13H2,1-2H3,(H,23,28)(H,24,25,29). The van der Waals surface area contributed by atoms with Crippen LogP contribution in [0.4, 0.5) is 10.8 Å². The van der Waals surface area contributed by atoms with Gasteiger partial charge in [0, 0.05) is 30.1 Å². The summed E-state index contributed by atoms with van der Waals surface area (Å²) in [5, 5.41) is 17.3. The number of aliphatic hydroxyl groups is 1. The molecule has 162 valence electrons. The van der Waals surface area contributed by atoms with E-state index in [-0.39, 0.29) is 30.8 Å². The van der Waals surface area contributed by atoms with Crippen molar-refractivity contribution in [2.45, 2.75) is 39.7 Å². The van der Waals surface area contributed by atoms with Crippen molar-refractivity contribution in [3.63, 3.8) is 0 Å². The number of thiazole rings is 1. The molecule has 0 saturated carbocycles. The SMILES string of the molecule is CC(C)C(=O)Nc1nc(CC(=O)Nc2cccc(CN3CCC(CO)CC3)c2)cs1. The minimum atomic E-state index is -0.136. The monoisotopic (exact) mass is 430 g/mol. The lowest BCUT2D eigenvalue weighted by Crippen LogP contribution is -2.34. The Morgan fingerprint density at radius 2 is 2.03 bits per heavy atom. The molecule has 8 heteroatoms. The van der Waals surface area contributed by atoms with E-state index in [4.69, 9.17) is 0 Å². The highest BCUT2D eigenvalue weighted by Crippen LogP contribution is 2.20. The molecule has 30 heavy (non-hydrogen) atoms. The first-order valence-electron chi connectivity index (χ1n) is 10.4. The number of rotatable bonds is 8. The van der Waals surface area contributed by atoms with Gasteiger partial charge >= 0.3 is 0 Å². The van der Waals surface area contributed by atoms with E-state index < -0.39 is 0 Å². The third-order valence-corrected chi connectivity index (χ3v) is 6.04. The fourth-order valence-electron chi connectivity index (χ4n) is 3.40. The topological polar surface area (TPSA) is 94.6 Å². The van der Waals surface area contributed by atoms with E-state index >= 15 is 0 Å². The molecule has 2 amide bonds. The Hall–Kier alpha value is -2.29. The number of anilines is 2. The van der Waals surface area contributed by atoms with Gasteiger partial charge in [0.2, 0.25) is 11.8 Å². The molecule has 1 aliphatic rings. The number of nitrogens with one attached hydrogen (secondary N) is 2. The summed E-state index contributed by atoms with van der Waals surface area (Å²) in [6.45, 7) is 6.74. The highest BCUT2D eigenvalue weighted by molar-refractivity contribution is 7.13. The molecule has 1 aromatic heterocycles. The Morgan fingerprint density at radius 1 is 1.27 bits per heavy atom. The van der Waals surface area contributed by atoms with Gasteiger partial charge in [0.1, 0.15) is 0 Å². The van der Waals surface area contributed by atoms with Crippen LogP contribution in [0, 0.1) is 11.8 Å². The molecule has 1 aliphatic heterocycles. The van der Waals surface area contributed by atoms with E-state index in [0.29, 0.717) is 16.7 Å². The number of likely N-dealkylation sites (tertiary alicyclic amines) is 1. The number of piperidine rings is 1. The maximum Gasteiger partial charge on any atom is 0.230 e. The summed E-state index contributed by atoms with van der Waals surface area (Å²) in [7, 11) is 0. The smallest absolute Gasteiger partial charge is 0.230 e. The zero-order chi connectivity index (χ0) is 21.5. The summed E-state index contributed by atoms with van der Waals surface area (Å²) in [6.07, 6.45) is 2.22. The molecule has 0 aliphatic carbocycles. The predicted molar refractivity (Wildman–Crippen MR) is 119 cm³/mol. The molecular formula is C22H30N4O3S. The maximum absolute atomic E-state index is 12.4. The van der Waals surface area contributed by atoms with Crippen LogP contribution in [-0.4, -0.2) is 46.5 Å². The van der Waals surface area contributed by atoms with Gasteiger partial charge < -0.3 is 15.7 Å². The number of nitrogens with zero attached hydrogens (tertiary/aromatic N) is 2. The minimum absolute atomic E-state index is 0.0854. The normalized spacial score (nSPS) is 15.3. The van der Waals surface area contributed by atoms with E-state index in [0.717, 1.165) is 43.7 Å².